The van der Waals surface area contributed by atoms with Crippen molar-refractivity contribution in [1.82, 2.24) is 10.3 Å². The number of nitrogens with zero attached hydrogens (tertiary/aromatic N) is 2. The Morgan fingerprint density at radius 1 is 1.08 bits per heavy atom. The van der Waals surface area contributed by atoms with E-state index in [0.29, 0.717) is 0 Å². The first kappa shape index (κ1) is 8.71. The van der Waals surface area contributed by atoms with Gasteiger partial charge >= 0.3 is 0 Å². The Hall–Kier alpha value is -1.38. The van der Waals surface area contributed by atoms with E-state index >= 15 is 0 Å². The minimum atomic E-state index is 0.814. The Bertz CT molecular complexity index is 260. The van der Waals surface area contributed by atoms with Gasteiger partial charge in [-0.3, -0.25) is 0 Å². The number of rotatable bonds is 0. The van der Waals surface area contributed by atoms with Crippen molar-refractivity contribution in [2.24, 2.45) is 0 Å². The molecule has 1 aliphatic rings. The maximum Gasteiger partial charge on any atom is 0.134 e. The topological polar surface area (TPSA) is 38.9 Å². The van der Waals surface area contributed by atoms with E-state index in [1.54, 1.807) is 0 Å². The quantitative estimate of drug-likeness (QED) is 0.591. The number of hydrogen-bond donors (Lipinski definition) is 0. The average molecular weight is 164 g/mol. The van der Waals surface area contributed by atoms with Crippen molar-refractivity contribution in [2.45, 2.75) is 20.3 Å². The maximum atomic E-state index is 4.52. The summed E-state index contributed by atoms with van der Waals surface area (Å²) in [6.07, 6.45) is 8.80. The van der Waals surface area contributed by atoms with Crippen molar-refractivity contribution in [3.63, 3.8) is 0 Å². The number of aromatic nitrogens is 2. The highest BCUT2D eigenvalue weighted by molar-refractivity contribution is 5.60. The van der Waals surface area contributed by atoms with E-state index in [2.05, 4.69) is 14.9 Å². The second-order valence-electron chi connectivity index (χ2n) is 2.08. The number of hydrogen-bond acceptors (Lipinski definition) is 3. The van der Waals surface area contributed by atoms with Crippen molar-refractivity contribution in [2.75, 3.05) is 0 Å². The van der Waals surface area contributed by atoms with E-state index in [0.717, 1.165) is 17.8 Å². The van der Waals surface area contributed by atoms with Crippen LogP contribution in [0.25, 0.3) is 12.2 Å². The first-order valence-corrected chi connectivity index (χ1v) is 4.12. The van der Waals surface area contributed by atoms with Gasteiger partial charge in [-0.25, -0.2) is 4.63 Å². The molecular formula is C9H12N2O. The standard InChI is InChI=1S/C7H6N2O.C2H6/c1-2-4-6-7(5-3-1)9-10-8-6;1-2/h2-5H,1H2;1-2H3. The van der Waals surface area contributed by atoms with Gasteiger partial charge in [0.25, 0.3) is 0 Å². The lowest BCUT2D eigenvalue weighted by Gasteiger charge is -1.77. The largest absolute Gasteiger partial charge is 0.243 e. The molecule has 1 heterocycles. The van der Waals surface area contributed by atoms with Gasteiger partial charge < -0.3 is 0 Å². The van der Waals surface area contributed by atoms with Crippen molar-refractivity contribution < 1.29 is 4.63 Å². The molecule has 0 saturated carbocycles. The van der Waals surface area contributed by atoms with Crippen LogP contribution in [-0.2, 0) is 0 Å². The van der Waals surface area contributed by atoms with Gasteiger partial charge in [-0.15, -0.1) is 0 Å². The molecule has 0 bridgehead atoms. The molecule has 12 heavy (non-hydrogen) atoms. The van der Waals surface area contributed by atoms with Gasteiger partial charge in [0.05, 0.1) is 0 Å². The summed E-state index contributed by atoms with van der Waals surface area (Å²) in [5.74, 6) is 0. The molecule has 0 atom stereocenters. The zero-order valence-electron chi connectivity index (χ0n) is 7.32. The van der Waals surface area contributed by atoms with Crippen molar-refractivity contribution in [1.29, 1.82) is 0 Å². The van der Waals surface area contributed by atoms with Gasteiger partial charge in [-0.05, 0) is 28.9 Å². The van der Waals surface area contributed by atoms with Gasteiger partial charge in [-0.1, -0.05) is 26.0 Å². The minimum Gasteiger partial charge on any atom is -0.243 e. The van der Waals surface area contributed by atoms with Crippen molar-refractivity contribution in [3.8, 4) is 0 Å². The van der Waals surface area contributed by atoms with E-state index < -0.39 is 0 Å². The van der Waals surface area contributed by atoms with Crippen LogP contribution in [0.3, 0.4) is 0 Å². The van der Waals surface area contributed by atoms with Crippen LogP contribution in [0.5, 0.6) is 0 Å². The number of allylic oxidation sites excluding steroid dienone is 2. The minimum absolute atomic E-state index is 0.814. The van der Waals surface area contributed by atoms with Crippen LogP contribution in [0.15, 0.2) is 16.8 Å². The zero-order chi connectivity index (χ0) is 8.81. The van der Waals surface area contributed by atoms with E-state index in [4.69, 9.17) is 0 Å². The van der Waals surface area contributed by atoms with Gasteiger partial charge in [0.2, 0.25) is 0 Å². The Labute approximate surface area is 71.7 Å². The van der Waals surface area contributed by atoms with Crippen LogP contribution in [0.1, 0.15) is 31.7 Å². The molecule has 3 heteroatoms. The van der Waals surface area contributed by atoms with Gasteiger partial charge in [-0.2, -0.15) is 0 Å². The fourth-order valence-corrected chi connectivity index (χ4v) is 0.871. The summed E-state index contributed by atoms with van der Waals surface area (Å²) in [7, 11) is 0. The summed E-state index contributed by atoms with van der Waals surface area (Å²) in [6, 6.07) is 0. The predicted octanol–water partition coefficient (Wildman–Crippen LogP) is 2.53. The summed E-state index contributed by atoms with van der Waals surface area (Å²) >= 11 is 0. The Morgan fingerprint density at radius 2 is 1.58 bits per heavy atom. The second-order valence-corrected chi connectivity index (χ2v) is 2.08. The third-order valence-electron chi connectivity index (χ3n) is 1.36. The molecule has 1 aromatic rings. The van der Waals surface area contributed by atoms with Gasteiger partial charge in [0.15, 0.2) is 0 Å². The Morgan fingerprint density at radius 3 is 2.08 bits per heavy atom. The highest BCUT2D eigenvalue weighted by atomic mass is 16.6. The Balaban J connectivity index is 0.000000336. The molecule has 0 aliphatic heterocycles. The van der Waals surface area contributed by atoms with E-state index in [1.807, 2.05) is 38.2 Å². The van der Waals surface area contributed by atoms with E-state index in [9.17, 15) is 0 Å². The molecule has 0 unspecified atom stereocenters. The lowest BCUT2D eigenvalue weighted by molar-refractivity contribution is 0.305. The molecule has 64 valence electrons. The molecule has 2 rings (SSSR count). The Kier molecular flexibility index (Phi) is 3.26. The molecule has 3 nitrogen and oxygen atoms in total. The summed E-state index contributed by atoms with van der Waals surface area (Å²) < 4.78 is 4.52. The molecule has 1 aromatic heterocycles. The summed E-state index contributed by atoms with van der Waals surface area (Å²) in [5.41, 5.74) is 1.63. The summed E-state index contributed by atoms with van der Waals surface area (Å²) in [4.78, 5) is 0. The molecule has 0 aromatic carbocycles. The fourth-order valence-electron chi connectivity index (χ4n) is 0.871. The third-order valence-corrected chi connectivity index (χ3v) is 1.36. The lowest BCUT2D eigenvalue weighted by atomic mass is 10.3. The van der Waals surface area contributed by atoms with E-state index in [-0.39, 0.29) is 0 Å². The van der Waals surface area contributed by atoms with Gasteiger partial charge in [0, 0.05) is 0 Å². The molecule has 0 fully saturated rings. The average Bonchev–Trinajstić information content (AvgIpc) is 2.46. The monoisotopic (exact) mass is 164 g/mol. The molecule has 0 spiro atoms. The molecule has 1 aliphatic carbocycles. The fraction of sp³-hybridized carbons (Fsp3) is 0.333. The van der Waals surface area contributed by atoms with Crippen LogP contribution in [0.2, 0.25) is 0 Å². The maximum absolute atomic E-state index is 4.52. The summed E-state index contributed by atoms with van der Waals surface area (Å²) in [5, 5.41) is 7.39. The predicted molar refractivity (Wildman–Crippen MR) is 48.3 cm³/mol. The highest BCUT2D eigenvalue weighted by Crippen LogP contribution is 2.11. The molecular weight excluding hydrogens is 152 g/mol. The van der Waals surface area contributed by atoms with Crippen LogP contribution in [-0.4, -0.2) is 10.3 Å². The van der Waals surface area contributed by atoms with E-state index in [1.165, 1.54) is 0 Å². The molecule has 0 saturated heterocycles. The number of fused-ring (bicyclic) bond motifs is 1. The van der Waals surface area contributed by atoms with Crippen LogP contribution >= 0.6 is 0 Å². The highest BCUT2D eigenvalue weighted by Gasteiger charge is 2.03. The smallest absolute Gasteiger partial charge is 0.134 e. The molecule has 0 amide bonds. The second kappa shape index (κ2) is 4.49. The molecule has 0 N–H and O–H groups in total. The first-order chi connectivity index (χ1) is 5.97. The van der Waals surface area contributed by atoms with Crippen molar-refractivity contribution in [3.05, 3.63) is 23.5 Å². The van der Waals surface area contributed by atoms with Crippen LogP contribution in [0.4, 0.5) is 0 Å². The lowest BCUT2D eigenvalue weighted by Crippen LogP contribution is -1.73. The summed E-state index contributed by atoms with van der Waals surface area (Å²) in [6.45, 7) is 4.00. The first-order valence-electron chi connectivity index (χ1n) is 4.12. The van der Waals surface area contributed by atoms with Crippen molar-refractivity contribution >= 4 is 12.2 Å². The van der Waals surface area contributed by atoms with Crippen LogP contribution < -0.4 is 0 Å². The normalized spacial score (nSPS) is 12.8. The third kappa shape index (κ3) is 1.81. The van der Waals surface area contributed by atoms with Gasteiger partial charge in [0.1, 0.15) is 11.4 Å². The molecule has 0 radical (unpaired) electrons. The van der Waals surface area contributed by atoms with Crippen LogP contribution in [0, 0.1) is 0 Å². The zero-order valence-corrected chi connectivity index (χ0v) is 7.32. The SMILES string of the molecule is C1=Cc2nonc2C=CC1.CC.